The molecular formula is C26H33N5O2. The molecule has 0 aliphatic rings. The SMILES string of the molecule is C=C.C=C(N)/C=C\C.CC(C)(C)c1ccc(C(=O)N/C(N)=N/c2nc3ccccc3o2)cc1. The number of guanidine groups is 1. The van der Waals surface area contributed by atoms with Crippen LogP contribution in [-0.4, -0.2) is 16.9 Å². The van der Waals surface area contributed by atoms with Gasteiger partial charge < -0.3 is 15.9 Å². The summed E-state index contributed by atoms with van der Waals surface area (Å²) in [5.41, 5.74) is 14.5. The van der Waals surface area contributed by atoms with E-state index in [-0.39, 0.29) is 23.3 Å². The number of benzene rings is 2. The van der Waals surface area contributed by atoms with Crippen LogP contribution in [0.25, 0.3) is 11.1 Å². The Balaban J connectivity index is 0.000000593. The van der Waals surface area contributed by atoms with Crippen LogP contribution in [0.3, 0.4) is 0 Å². The van der Waals surface area contributed by atoms with Crippen molar-refractivity contribution in [3.63, 3.8) is 0 Å². The second-order valence-corrected chi connectivity index (χ2v) is 7.82. The molecule has 0 spiro atoms. The molecule has 1 amide bonds. The van der Waals surface area contributed by atoms with Gasteiger partial charge in [-0.1, -0.05) is 57.7 Å². The molecule has 3 rings (SSSR count). The van der Waals surface area contributed by atoms with E-state index < -0.39 is 0 Å². The molecule has 7 heteroatoms. The normalized spacial score (nSPS) is 11.2. The number of carbonyl (C=O) groups excluding carboxylic acids is 1. The number of amides is 1. The smallest absolute Gasteiger partial charge is 0.325 e. The predicted molar refractivity (Wildman–Crippen MR) is 137 cm³/mol. The van der Waals surface area contributed by atoms with Gasteiger partial charge in [-0.3, -0.25) is 10.1 Å². The van der Waals surface area contributed by atoms with Crippen LogP contribution in [0.2, 0.25) is 0 Å². The Morgan fingerprint density at radius 2 is 1.70 bits per heavy atom. The first kappa shape index (κ1) is 26.9. The number of nitrogens with zero attached hydrogens (tertiary/aromatic N) is 2. The lowest BCUT2D eigenvalue weighted by atomic mass is 9.87. The molecule has 2 aromatic carbocycles. The number of allylic oxidation sites excluding steroid dienone is 2. The Bertz CT molecular complexity index is 1090. The van der Waals surface area contributed by atoms with E-state index in [4.69, 9.17) is 15.9 Å². The number of oxazole rings is 1. The van der Waals surface area contributed by atoms with Gasteiger partial charge in [0.05, 0.1) is 0 Å². The van der Waals surface area contributed by atoms with Crippen molar-refractivity contribution in [3.8, 4) is 0 Å². The van der Waals surface area contributed by atoms with Gasteiger partial charge in [-0.05, 0) is 48.2 Å². The molecule has 0 radical (unpaired) electrons. The molecule has 0 bridgehead atoms. The number of aliphatic imine (C=N–C) groups is 1. The van der Waals surface area contributed by atoms with Crippen LogP contribution in [-0.2, 0) is 5.41 Å². The summed E-state index contributed by atoms with van der Waals surface area (Å²) in [7, 11) is 0. The van der Waals surface area contributed by atoms with E-state index >= 15 is 0 Å². The lowest BCUT2D eigenvalue weighted by Crippen LogP contribution is -2.36. The molecule has 1 heterocycles. The average molecular weight is 448 g/mol. The number of rotatable bonds is 3. The molecule has 33 heavy (non-hydrogen) atoms. The number of fused-ring (bicyclic) bond motifs is 1. The van der Waals surface area contributed by atoms with Crippen molar-refractivity contribution in [2.45, 2.75) is 33.1 Å². The van der Waals surface area contributed by atoms with E-state index in [0.29, 0.717) is 22.4 Å². The molecule has 3 aromatic rings. The highest BCUT2D eigenvalue weighted by atomic mass is 16.4. The topological polar surface area (TPSA) is 120 Å². The van der Waals surface area contributed by atoms with Gasteiger partial charge in [-0.15, -0.1) is 13.2 Å². The molecule has 0 saturated heterocycles. The third-order valence-corrected chi connectivity index (χ3v) is 4.13. The summed E-state index contributed by atoms with van der Waals surface area (Å²) in [5.74, 6) is -0.408. The molecular weight excluding hydrogens is 414 g/mol. The quantitative estimate of drug-likeness (QED) is 0.217. The van der Waals surface area contributed by atoms with E-state index in [1.807, 2.05) is 43.3 Å². The monoisotopic (exact) mass is 447 g/mol. The maximum absolute atomic E-state index is 12.3. The number of para-hydroxylation sites is 2. The van der Waals surface area contributed by atoms with Gasteiger partial charge in [0.1, 0.15) is 5.52 Å². The number of hydrogen-bond acceptors (Lipinski definition) is 5. The summed E-state index contributed by atoms with van der Waals surface area (Å²) in [6.45, 7) is 17.7. The minimum Gasteiger partial charge on any atom is -0.422 e. The largest absolute Gasteiger partial charge is 0.422 e. The van der Waals surface area contributed by atoms with Crippen molar-refractivity contribution in [1.82, 2.24) is 10.3 Å². The molecule has 1 aromatic heterocycles. The van der Waals surface area contributed by atoms with E-state index in [9.17, 15) is 4.79 Å². The first-order valence-corrected chi connectivity index (χ1v) is 10.3. The van der Waals surface area contributed by atoms with Crippen LogP contribution in [0.4, 0.5) is 6.01 Å². The molecule has 0 atom stereocenters. The van der Waals surface area contributed by atoms with Crippen LogP contribution in [0, 0.1) is 0 Å². The van der Waals surface area contributed by atoms with Gasteiger partial charge in [-0.25, -0.2) is 0 Å². The van der Waals surface area contributed by atoms with E-state index in [1.54, 1.807) is 24.3 Å². The Labute approximate surface area is 195 Å². The first-order chi connectivity index (χ1) is 15.6. The van der Waals surface area contributed by atoms with Crippen molar-refractivity contribution >= 4 is 29.0 Å². The van der Waals surface area contributed by atoms with Crippen LogP contribution < -0.4 is 16.8 Å². The van der Waals surface area contributed by atoms with Gasteiger partial charge in [0, 0.05) is 11.3 Å². The minimum absolute atomic E-state index is 0.0302. The van der Waals surface area contributed by atoms with Crippen LogP contribution in [0.1, 0.15) is 43.6 Å². The number of nitrogens with two attached hydrogens (primary N) is 2. The molecule has 0 saturated carbocycles. The van der Waals surface area contributed by atoms with Gasteiger partial charge >= 0.3 is 6.01 Å². The molecule has 5 N–H and O–H groups in total. The summed E-state index contributed by atoms with van der Waals surface area (Å²) in [4.78, 5) is 20.4. The highest BCUT2D eigenvalue weighted by molar-refractivity contribution is 6.05. The maximum Gasteiger partial charge on any atom is 0.325 e. The fourth-order valence-corrected chi connectivity index (χ4v) is 2.56. The van der Waals surface area contributed by atoms with Gasteiger partial charge in [0.2, 0.25) is 5.96 Å². The van der Waals surface area contributed by atoms with Crippen LogP contribution in [0.5, 0.6) is 0 Å². The van der Waals surface area contributed by atoms with Crippen molar-refractivity contribution < 1.29 is 9.21 Å². The highest BCUT2D eigenvalue weighted by Crippen LogP contribution is 2.22. The zero-order chi connectivity index (χ0) is 25.0. The Hall–Kier alpha value is -4.13. The van der Waals surface area contributed by atoms with Gasteiger partial charge in [-0.2, -0.15) is 9.98 Å². The lowest BCUT2D eigenvalue weighted by molar-refractivity contribution is 0.0976. The number of hydrogen-bond donors (Lipinski definition) is 3. The molecule has 174 valence electrons. The second kappa shape index (κ2) is 12.7. The summed E-state index contributed by atoms with van der Waals surface area (Å²) < 4.78 is 5.45. The van der Waals surface area contributed by atoms with Crippen molar-refractivity contribution in [2.75, 3.05) is 0 Å². The predicted octanol–water partition coefficient (Wildman–Crippen LogP) is 5.34. The van der Waals surface area contributed by atoms with Crippen molar-refractivity contribution in [3.05, 3.63) is 97.2 Å². The molecule has 0 fully saturated rings. The summed E-state index contributed by atoms with van der Waals surface area (Å²) >= 11 is 0. The molecule has 7 nitrogen and oxygen atoms in total. The third kappa shape index (κ3) is 8.86. The van der Waals surface area contributed by atoms with Crippen molar-refractivity contribution in [2.24, 2.45) is 16.5 Å². The summed E-state index contributed by atoms with van der Waals surface area (Å²) in [5, 5.41) is 2.54. The van der Waals surface area contributed by atoms with E-state index in [0.717, 1.165) is 5.56 Å². The third-order valence-electron chi connectivity index (χ3n) is 4.13. The Morgan fingerprint density at radius 3 is 2.18 bits per heavy atom. The zero-order valence-electron chi connectivity index (χ0n) is 19.8. The molecule has 0 unspecified atom stereocenters. The maximum atomic E-state index is 12.3. The Kier molecular flexibility index (Phi) is 10.3. The Morgan fingerprint density at radius 1 is 1.09 bits per heavy atom. The van der Waals surface area contributed by atoms with Gasteiger partial charge in [0.15, 0.2) is 5.58 Å². The van der Waals surface area contributed by atoms with Crippen molar-refractivity contribution in [1.29, 1.82) is 0 Å². The average Bonchev–Trinajstić information content (AvgIpc) is 3.17. The zero-order valence-corrected chi connectivity index (χ0v) is 19.8. The fourth-order valence-electron chi connectivity index (χ4n) is 2.56. The summed E-state index contributed by atoms with van der Waals surface area (Å²) in [6, 6.07) is 14.8. The standard InChI is InChI=1S/C19H20N4O2.C5H9N.C2H4/c1-19(2,3)13-10-8-12(9-11-13)16(24)22-17(20)23-18-21-14-6-4-5-7-15(14)25-18;1-3-4-5(2)6;1-2/h4-11H,1-3H3,(H3,20,21,22,23,24);3-4H,2,6H2,1H3;1-2H2/b;4-3-;. The number of carbonyl (C=O) groups is 1. The van der Waals surface area contributed by atoms with E-state index in [2.05, 4.69) is 55.8 Å². The summed E-state index contributed by atoms with van der Waals surface area (Å²) in [6.07, 6.45) is 3.60. The van der Waals surface area contributed by atoms with Crippen LogP contribution >= 0.6 is 0 Å². The molecule has 0 aliphatic heterocycles. The first-order valence-electron chi connectivity index (χ1n) is 10.3. The minimum atomic E-state index is -0.335. The highest BCUT2D eigenvalue weighted by Gasteiger charge is 2.15. The van der Waals surface area contributed by atoms with Gasteiger partial charge in [0.25, 0.3) is 5.91 Å². The second-order valence-electron chi connectivity index (χ2n) is 7.82. The van der Waals surface area contributed by atoms with Crippen LogP contribution in [0.15, 0.2) is 95.5 Å². The number of nitrogens with one attached hydrogen (secondary N) is 1. The number of aromatic nitrogens is 1. The fraction of sp³-hybridized carbons (Fsp3) is 0.192. The lowest BCUT2D eigenvalue weighted by Gasteiger charge is -2.19. The van der Waals surface area contributed by atoms with E-state index in [1.165, 1.54) is 0 Å². The molecule has 0 aliphatic carbocycles.